The number of rotatable bonds is 7. The molecule has 9 heteroatoms. The van der Waals surface area contributed by atoms with E-state index in [1.165, 1.54) is 6.07 Å². The summed E-state index contributed by atoms with van der Waals surface area (Å²) in [7, 11) is 0. The van der Waals surface area contributed by atoms with Crippen molar-refractivity contribution in [1.82, 2.24) is 14.5 Å². The monoisotopic (exact) mass is 571 g/mol. The number of ether oxygens (including phenoxy) is 3. The van der Waals surface area contributed by atoms with Crippen LogP contribution >= 0.6 is 0 Å². The number of hydrogen-bond donors (Lipinski definition) is 1. The average Bonchev–Trinajstić information content (AvgIpc) is 3.30. The summed E-state index contributed by atoms with van der Waals surface area (Å²) in [6, 6.07) is 16.3. The van der Waals surface area contributed by atoms with Gasteiger partial charge in [-0.25, -0.2) is 14.2 Å². The van der Waals surface area contributed by atoms with Gasteiger partial charge in [0.1, 0.15) is 18.2 Å². The SMILES string of the molecule is Cc1ccc([C@@H]2COc3c(cccc3C3CCN(Cc4nc5ccc(C(=O)O)cc5n4CC4CCO4)CC3)O2)c(F)c1. The predicted molar refractivity (Wildman–Crippen MR) is 155 cm³/mol. The number of piperidine rings is 1. The largest absolute Gasteiger partial charge is 0.485 e. The van der Waals surface area contributed by atoms with E-state index in [4.69, 9.17) is 19.2 Å². The molecule has 2 atom stereocenters. The Kier molecular flexibility index (Phi) is 7.07. The maximum Gasteiger partial charge on any atom is 0.335 e. The van der Waals surface area contributed by atoms with E-state index in [0.29, 0.717) is 30.3 Å². The van der Waals surface area contributed by atoms with Gasteiger partial charge < -0.3 is 23.9 Å². The van der Waals surface area contributed by atoms with Gasteiger partial charge in [-0.2, -0.15) is 0 Å². The number of carboxylic acids is 1. The van der Waals surface area contributed by atoms with Gasteiger partial charge in [-0.15, -0.1) is 0 Å². The summed E-state index contributed by atoms with van der Waals surface area (Å²) in [6.45, 7) is 6.07. The topological polar surface area (TPSA) is 86.1 Å². The molecular weight excluding hydrogens is 537 g/mol. The number of hydrogen-bond acceptors (Lipinski definition) is 6. The van der Waals surface area contributed by atoms with E-state index in [2.05, 4.69) is 15.5 Å². The Hall–Kier alpha value is -3.95. The van der Waals surface area contributed by atoms with E-state index < -0.39 is 12.1 Å². The lowest BCUT2D eigenvalue weighted by molar-refractivity contribution is -0.0592. The highest BCUT2D eigenvalue weighted by Crippen LogP contribution is 2.44. The van der Waals surface area contributed by atoms with Crippen LogP contribution in [-0.4, -0.2) is 57.9 Å². The van der Waals surface area contributed by atoms with Gasteiger partial charge in [0, 0.05) is 17.7 Å². The Morgan fingerprint density at radius 3 is 2.64 bits per heavy atom. The first kappa shape index (κ1) is 26.9. The number of fused-ring (bicyclic) bond motifs is 2. The number of imidazole rings is 1. The molecule has 1 N–H and O–H groups in total. The Balaban J connectivity index is 1.05. The number of aromatic nitrogens is 2. The molecule has 2 saturated heterocycles. The third-order valence-corrected chi connectivity index (χ3v) is 8.81. The second-order valence-corrected chi connectivity index (χ2v) is 11.6. The van der Waals surface area contributed by atoms with Crippen LogP contribution in [0.5, 0.6) is 11.5 Å². The molecule has 4 heterocycles. The number of benzene rings is 3. The summed E-state index contributed by atoms with van der Waals surface area (Å²) in [5.74, 6) is 1.49. The van der Waals surface area contributed by atoms with Crippen LogP contribution in [0.15, 0.2) is 54.6 Å². The molecule has 3 aliphatic heterocycles. The highest BCUT2D eigenvalue weighted by Gasteiger charge is 2.31. The van der Waals surface area contributed by atoms with Gasteiger partial charge in [-0.05, 0) is 81.1 Å². The number of para-hydroxylation sites is 1. The molecule has 8 nitrogen and oxygen atoms in total. The molecule has 0 saturated carbocycles. The van der Waals surface area contributed by atoms with Crippen molar-refractivity contribution in [3.63, 3.8) is 0 Å². The van der Waals surface area contributed by atoms with Gasteiger partial charge >= 0.3 is 5.97 Å². The molecule has 2 fully saturated rings. The maximum atomic E-state index is 14.6. The van der Waals surface area contributed by atoms with Crippen LogP contribution in [0.25, 0.3) is 11.0 Å². The number of halogens is 1. The molecule has 1 unspecified atom stereocenters. The third kappa shape index (κ3) is 5.12. The molecule has 3 aromatic carbocycles. The van der Waals surface area contributed by atoms with Crippen molar-refractivity contribution in [2.75, 3.05) is 26.3 Å². The first-order valence-electron chi connectivity index (χ1n) is 14.7. The molecule has 7 rings (SSSR count). The van der Waals surface area contributed by atoms with E-state index in [0.717, 1.165) is 72.7 Å². The van der Waals surface area contributed by atoms with Crippen molar-refractivity contribution < 1.29 is 28.5 Å². The minimum Gasteiger partial charge on any atom is -0.485 e. The van der Waals surface area contributed by atoms with Crippen LogP contribution in [-0.2, 0) is 17.8 Å². The molecular formula is C33H34FN3O5. The zero-order valence-electron chi connectivity index (χ0n) is 23.6. The van der Waals surface area contributed by atoms with Crippen LogP contribution in [0.1, 0.15) is 64.2 Å². The highest BCUT2D eigenvalue weighted by atomic mass is 19.1. The zero-order chi connectivity index (χ0) is 28.8. The summed E-state index contributed by atoms with van der Waals surface area (Å²) in [6.07, 6.45) is 2.58. The second kappa shape index (κ2) is 11.0. The predicted octanol–water partition coefficient (Wildman–Crippen LogP) is 5.86. The molecule has 42 heavy (non-hydrogen) atoms. The van der Waals surface area contributed by atoms with Crippen molar-refractivity contribution in [2.45, 2.75) is 57.4 Å². The molecule has 0 amide bonds. The number of aryl methyl sites for hydroxylation is 1. The van der Waals surface area contributed by atoms with Crippen molar-refractivity contribution in [3.05, 3.63) is 88.5 Å². The third-order valence-electron chi connectivity index (χ3n) is 8.81. The summed E-state index contributed by atoms with van der Waals surface area (Å²) >= 11 is 0. The lowest BCUT2D eigenvalue weighted by atomic mass is 9.88. The number of carbonyl (C=O) groups is 1. The van der Waals surface area contributed by atoms with Gasteiger partial charge in [0.05, 0.1) is 35.8 Å². The Labute approximate surface area is 243 Å². The molecule has 0 aliphatic carbocycles. The second-order valence-electron chi connectivity index (χ2n) is 11.6. The maximum absolute atomic E-state index is 14.6. The molecule has 0 radical (unpaired) electrons. The first-order chi connectivity index (χ1) is 20.4. The van der Waals surface area contributed by atoms with Crippen LogP contribution in [0.4, 0.5) is 4.39 Å². The normalized spacial score (nSPS) is 20.9. The molecule has 0 spiro atoms. The van der Waals surface area contributed by atoms with E-state index >= 15 is 0 Å². The van der Waals surface area contributed by atoms with E-state index in [1.54, 1.807) is 24.3 Å². The first-order valence-corrected chi connectivity index (χ1v) is 14.7. The fraction of sp³-hybridized carbons (Fsp3) is 0.394. The standard InChI is InChI=1S/C33H34FN3O5/c1-20-5-7-25(26(34)15-20)30-19-41-32-24(3-2-4-29(32)42-30)21-9-12-36(13-10-21)18-31-35-27-8-6-22(33(38)39)16-28(27)37(31)17-23-11-14-40-23/h2-8,15-16,21,23,30H,9-14,17-19H2,1H3,(H,38,39)/t23?,30-/m0/s1. The molecule has 1 aromatic heterocycles. The Bertz CT molecular complexity index is 1640. The van der Waals surface area contributed by atoms with Crippen LogP contribution in [0.3, 0.4) is 0 Å². The average molecular weight is 572 g/mol. The zero-order valence-corrected chi connectivity index (χ0v) is 23.6. The summed E-state index contributed by atoms with van der Waals surface area (Å²) in [5.41, 5.74) is 4.44. The number of nitrogens with zero attached hydrogens (tertiary/aromatic N) is 3. The number of likely N-dealkylation sites (tertiary alicyclic amines) is 1. The molecule has 218 valence electrons. The Morgan fingerprint density at radius 2 is 1.90 bits per heavy atom. The van der Waals surface area contributed by atoms with Crippen molar-refractivity contribution in [2.24, 2.45) is 0 Å². The summed E-state index contributed by atoms with van der Waals surface area (Å²) in [5, 5.41) is 9.53. The van der Waals surface area contributed by atoms with E-state index in [9.17, 15) is 14.3 Å². The van der Waals surface area contributed by atoms with Crippen molar-refractivity contribution in [1.29, 1.82) is 0 Å². The van der Waals surface area contributed by atoms with Gasteiger partial charge in [-0.1, -0.05) is 24.3 Å². The van der Waals surface area contributed by atoms with Crippen LogP contribution in [0.2, 0.25) is 0 Å². The number of carboxylic acid groups (broad SMARTS) is 1. The summed E-state index contributed by atoms with van der Waals surface area (Å²) < 4.78 is 35.0. The minimum atomic E-state index is -0.941. The summed E-state index contributed by atoms with van der Waals surface area (Å²) in [4.78, 5) is 18.9. The molecule has 0 bridgehead atoms. The fourth-order valence-corrected chi connectivity index (χ4v) is 6.36. The van der Waals surface area contributed by atoms with Crippen molar-refractivity contribution in [3.8, 4) is 11.5 Å². The van der Waals surface area contributed by atoms with Gasteiger partial charge in [0.15, 0.2) is 17.6 Å². The Morgan fingerprint density at radius 1 is 1.07 bits per heavy atom. The minimum absolute atomic E-state index is 0.133. The van der Waals surface area contributed by atoms with Crippen LogP contribution < -0.4 is 9.47 Å². The number of aromatic carboxylic acids is 1. The fourth-order valence-electron chi connectivity index (χ4n) is 6.36. The van der Waals surface area contributed by atoms with E-state index in [-0.39, 0.29) is 24.1 Å². The van der Waals surface area contributed by atoms with E-state index in [1.807, 2.05) is 25.1 Å². The lowest BCUT2D eigenvalue weighted by Crippen LogP contribution is -2.35. The molecule has 3 aliphatic rings. The molecule has 4 aromatic rings. The smallest absolute Gasteiger partial charge is 0.335 e. The lowest BCUT2D eigenvalue weighted by Gasteiger charge is -2.35. The van der Waals surface area contributed by atoms with Gasteiger partial charge in [0.2, 0.25) is 0 Å². The highest BCUT2D eigenvalue weighted by molar-refractivity contribution is 5.92. The van der Waals surface area contributed by atoms with Crippen LogP contribution in [0, 0.1) is 12.7 Å². The quantitative estimate of drug-likeness (QED) is 0.297. The van der Waals surface area contributed by atoms with Gasteiger partial charge in [0.25, 0.3) is 0 Å². The van der Waals surface area contributed by atoms with Gasteiger partial charge in [-0.3, -0.25) is 4.90 Å². The van der Waals surface area contributed by atoms with Crippen molar-refractivity contribution >= 4 is 17.0 Å².